The number of sulfonamides is 1. The molecule has 3 amide bonds. The molecule has 1 aromatic heterocycles. The zero-order valence-electron chi connectivity index (χ0n) is 25.9. The van der Waals surface area contributed by atoms with Crippen molar-refractivity contribution in [3.8, 4) is 11.6 Å². The number of anilines is 3. The van der Waals surface area contributed by atoms with E-state index in [2.05, 4.69) is 25.2 Å². The van der Waals surface area contributed by atoms with Gasteiger partial charge in [-0.15, -0.1) is 12.4 Å². The number of nitrogens with zero attached hydrogens (tertiary/aromatic N) is 3. The van der Waals surface area contributed by atoms with E-state index in [-0.39, 0.29) is 30.0 Å². The number of likely N-dealkylation sites (tertiary alicyclic amines) is 1. The summed E-state index contributed by atoms with van der Waals surface area (Å²) in [5.41, 5.74) is 2.38. The number of aromatic nitrogens is 1. The second-order valence-electron chi connectivity index (χ2n) is 10.9. The van der Waals surface area contributed by atoms with Crippen molar-refractivity contribution in [2.45, 2.75) is 25.4 Å². The van der Waals surface area contributed by atoms with Gasteiger partial charge < -0.3 is 15.4 Å². The Kier molecular flexibility index (Phi) is 11.8. The summed E-state index contributed by atoms with van der Waals surface area (Å²) in [5, 5.41) is 5.26. The van der Waals surface area contributed by atoms with Crippen LogP contribution in [0.2, 0.25) is 0 Å². The third-order valence-corrected chi connectivity index (χ3v) is 8.05. The summed E-state index contributed by atoms with van der Waals surface area (Å²) in [6.45, 7) is 2.19. The molecule has 1 aliphatic heterocycles. The number of hydrogen-bond donors (Lipinski definition) is 3. The Morgan fingerprint density at radius 3 is 2.28 bits per heavy atom. The van der Waals surface area contributed by atoms with E-state index in [1.54, 1.807) is 41.4 Å². The van der Waals surface area contributed by atoms with Crippen LogP contribution in [-0.2, 0) is 16.6 Å². The minimum atomic E-state index is -3.36. The molecule has 1 aliphatic rings. The van der Waals surface area contributed by atoms with Gasteiger partial charge in [0.15, 0.2) is 0 Å². The number of halogens is 2. The molecule has 0 atom stereocenters. The third-order valence-electron chi connectivity index (χ3n) is 7.45. The molecule has 14 heteroatoms. The lowest BCUT2D eigenvalue weighted by molar-refractivity contribution is 0.0959. The van der Waals surface area contributed by atoms with Crippen molar-refractivity contribution in [2.24, 2.45) is 0 Å². The predicted octanol–water partition coefficient (Wildman–Crippen LogP) is 5.87. The van der Waals surface area contributed by atoms with Crippen LogP contribution in [0.15, 0.2) is 91.1 Å². The van der Waals surface area contributed by atoms with Crippen LogP contribution in [0.5, 0.6) is 11.6 Å². The quantitative estimate of drug-likeness (QED) is 0.191. The molecule has 0 aliphatic carbocycles. The number of carbonyl (C=O) groups is 2. The van der Waals surface area contributed by atoms with Crippen LogP contribution in [0, 0.1) is 5.82 Å². The van der Waals surface area contributed by atoms with E-state index in [1.165, 1.54) is 19.2 Å². The van der Waals surface area contributed by atoms with Gasteiger partial charge in [-0.2, -0.15) is 0 Å². The average molecular weight is 683 g/mol. The van der Waals surface area contributed by atoms with E-state index < -0.39 is 21.7 Å². The first-order valence-corrected chi connectivity index (χ1v) is 16.6. The predicted molar refractivity (Wildman–Crippen MR) is 182 cm³/mol. The maximum atomic E-state index is 14.2. The number of nitrogens with one attached hydrogen (secondary N) is 3. The molecular weight excluding hydrogens is 647 g/mol. The molecule has 3 N–H and O–H groups in total. The molecule has 5 rings (SSSR count). The van der Waals surface area contributed by atoms with Crippen LogP contribution in [0.4, 0.5) is 26.2 Å². The lowest BCUT2D eigenvalue weighted by Crippen LogP contribution is -2.49. The average Bonchev–Trinajstić information content (AvgIpc) is 3.04. The highest BCUT2D eigenvalue weighted by atomic mass is 35.5. The maximum Gasteiger partial charge on any atom is 0.326 e. The standard InChI is InChI=1S/C33H35FN6O5S.ClH/c1-35-32(41)29-20-25(11-14-30(29)34)37-33(42)40(26-6-4-3-5-7-26)27-16-18-39(19-17-27)22-23-8-15-31(36-21-23)45-28-12-9-24(10-13-28)38-46(2,43)44;/h3-15,20-21,27,38H,16-19,22H2,1-2H3,(H,35,41)(H,37,42);1H. The fourth-order valence-electron chi connectivity index (χ4n) is 5.26. The lowest BCUT2D eigenvalue weighted by Gasteiger charge is -2.38. The summed E-state index contributed by atoms with van der Waals surface area (Å²) < 4.78 is 45.2. The second-order valence-corrected chi connectivity index (χ2v) is 12.7. The highest BCUT2D eigenvalue weighted by molar-refractivity contribution is 7.92. The van der Waals surface area contributed by atoms with Gasteiger partial charge in [-0.3, -0.25) is 19.3 Å². The van der Waals surface area contributed by atoms with Crippen molar-refractivity contribution in [3.05, 3.63) is 108 Å². The first-order chi connectivity index (χ1) is 22.1. The molecule has 0 bridgehead atoms. The van der Waals surface area contributed by atoms with Crippen LogP contribution in [0.25, 0.3) is 0 Å². The molecule has 1 fully saturated rings. The summed E-state index contributed by atoms with van der Waals surface area (Å²) in [5.74, 6) is -0.300. The number of hydrogen-bond acceptors (Lipinski definition) is 7. The van der Waals surface area contributed by atoms with Crippen molar-refractivity contribution in [3.63, 3.8) is 0 Å². The Morgan fingerprint density at radius 2 is 1.66 bits per heavy atom. The van der Waals surface area contributed by atoms with Crippen LogP contribution in [-0.4, -0.2) is 62.7 Å². The van der Waals surface area contributed by atoms with E-state index in [0.717, 1.165) is 49.5 Å². The number of pyridine rings is 1. The minimum Gasteiger partial charge on any atom is -0.439 e. The van der Waals surface area contributed by atoms with Gasteiger partial charge in [-0.1, -0.05) is 24.3 Å². The number of rotatable bonds is 10. The summed E-state index contributed by atoms with van der Waals surface area (Å²) in [7, 11) is -1.94. The fraction of sp³-hybridized carbons (Fsp3) is 0.242. The molecule has 4 aromatic rings. The number of urea groups is 1. The number of benzene rings is 3. The van der Waals surface area contributed by atoms with Gasteiger partial charge >= 0.3 is 6.03 Å². The van der Waals surface area contributed by atoms with Crippen LogP contribution in [0.3, 0.4) is 0 Å². The Hall–Kier alpha value is -4.72. The van der Waals surface area contributed by atoms with Gasteiger partial charge in [0.25, 0.3) is 5.91 Å². The Labute approximate surface area is 279 Å². The van der Waals surface area contributed by atoms with Gasteiger partial charge in [-0.05, 0) is 73.0 Å². The summed E-state index contributed by atoms with van der Waals surface area (Å²) in [6.07, 6.45) is 4.32. The van der Waals surface area contributed by atoms with Gasteiger partial charge in [-0.25, -0.2) is 22.6 Å². The van der Waals surface area contributed by atoms with Gasteiger partial charge in [0.1, 0.15) is 11.6 Å². The molecule has 1 saturated heterocycles. The lowest BCUT2D eigenvalue weighted by atomic mass is 10.0. The molecule has 0 spiro atoms. The van der Waals surface area contributed by atoms with Gasteiger partial charge in [0, 0.05) is 62.0 Å². The smallest absolute Gasteiger partial charge is 0.326 e. The fourth-order valence-corrected chi connectivity index (χ4v) is 5.83. The second kappa shape index (κ2) is 15.7. The first-order valence-electron chi connectivity index (χ1n) is 14.7. The normalized spacial score (nSPS) is 13.6. The van der Waals surface area contributed by atoms with Gasteiger partial charge in [0.05, 0.1) is 11.8 Å². The Bertz CT molecular complexity index is 1770. The highest BCUT2D eigenvalue weighted by Gasteiger charge is 2.29. The molecule has 0 radical (unpaired) electrons. The van der Waals surface area contributed by atoms with E-state index in [9.17, 15) is 22.4 Å². The molecule has 3 aromatic carbocycles. The monoisotopic (exact) mass is 682 g/mol. The third kappa shape index (κ3) is 9.64. The summed E-state index contributed by atoms with van der Waals surface area (Å²) in [4.78, 5) is 34.1. The van der Waals surface area contributed by atoms with Crippen molar-refractivity contribution in [1.29, 1.82) is 0 Å². The number of carbonyl (C=O) groups excluding carboxylic acids is 2. The molecule has 11 nitrogen and oxygen atoms in total. The molecular formula is C33H36ClFN6O5S. The topological polar surface area (TPSA) is 133 Å². The number of piperidine rings is 1. The molecule has 248 valence electrons. The van der Waals surface area contributed by atoms with Gasteiger partial charge in [0.2, 0.25) is 15.9 Å². The van der Waals surface area contributed by atoms with Crippen LogP contribution in [0.1, 0.15) is 28.8 Å². The first kappa shape index (κ1) is 35.1. The maximum absolute atomic E-state index is 14.2. The van der Waals surface area contributed by atoms with Crippen molar-refractivity contribution in [2.75, 3.05) is 41.3 Å². The SMILES string of the molecule is CNC(=O)c1cc(NC(=O)N(c2ccccc2)C2CCN(Cc3ccc(Oc4ccc(NS(C)(=O)=O)cc4)nc3)CC2)ccc1F.Cl. The molecule has 2 heterocycles. The largest absolute Gasteiger partial charge is 0.439 e. The molecule has 0 unspecified atom stereocenters. The van der Waals surface area contributed by atoms with E-state index in [0.29, 0.717) is 29.5 Å². The zero-order valence-corrected chi connectivity index (χ0v) is 27.5. The van der Waals surface area contributed by atoms with E-state index >= 15 is 0 Å². The number of amides is 3. The van der Waals surface area contributed by atoms with Crippen LogP contribution >= 0.6 is 12.4 Å². The van der Waals surface area contributed by atoms with E-state index in [1.807, 2.05) is 36.4 Å². The number of ether oxygens (including phenoxy) is 1. The minimum absolute atomic E-state index is 0. The summed E-state index contributed by atoms with van der Waals surface area (Å²) in [6, 6.07) is 23.2. The summed E-state index contributed by atoms with van der Waals surface area (Å²) >= 11 is 0. The Balaban J connectivity index is 0.00000500. The van der Waals surface area contributed by atoms with Crippen molar-refractivity contribution in [1.82, 2.24) is 15.2 Å². The Morgan fingerprint density at radius 1 is 0.979 bits per heavy atom. The number of para-hydroxylation sites is 1. The van der Waals surface area contributed by atoms with Crippen molar-refractivity contribution < 1.29 is 27.1 Å². The molecule has 47 heavy (non-hydrogen) atoms. The highest BCUT2D eigenvalue weighted by Crippen LogP contribution is 2.27. The van der Waals surface area contributed by atoms with E-state index in [4.69, 9.17) is 4.74 Å². The van der Waals surface area contributed by atoms with Crippen molar-refractivity contribution >= 4 is 51.4 Å². The van der Waals surface area contributed by atoms with Crippen LogP contribution < -0.4 is 25.0 Å². The molecule has 0 saturated carbocycles. The zero-order chi connectivity index (χ0) is 32.7.